The van der Waals surface area contributed by atoms with Crippen LogP contribution in [0.25, 0.3) is 0 Å². The number of ether oxygens (including phenoxy) is 2. The molecule has 0 spiro atoms. The fraction of sp³-hybridized carbons (Fsp3) is 0.235. The van der Waals surface area contributed by atoms with Crippen LogP contribution in [0.3, 0.4) is 0 Å². The molecule has 0 aromatic heterocycles. The maximum atomic E-state index is 12.1. The van der Waals surface area contributed by atoms with Gasteiger partial charge in [-0.2, -0.15) is 0 Å². The van der Waals surface area contributed by atoms with Gasteiger partial charge in [0.25, 0.3) is 5.91 Å². The molecule has 0 aliphatic carbocycles. The lowest BCUT2D eigenvalue weighted by Gasteiger charge is -2.12. The van der Waals surface area contributed by atoms with Crippen molar-refractivity contribution in [2.45, 2.75) is 6.61 Å². The number of hydrogen-bond acceptors (Lipinski definition) is 3. The van der Waals surface area contributed by atoms with E-state index in [1.165, 1.54) is 0 Å². The van der Waals surface area contributed by atoms with E-state index in [-0.39, 0.29) is 5.91 Å². The van der Waals surface area contributed by atoms with Gasteiger partial charge in [-0.3, -0.25) is 4.79 Å². The van der Waals surface area contributed by atoms with E-state index in [9.17, 15) is 4.79 Å². The SMILES string of the molecule is COCCNC(=O)c1ccccc1OCc1ccccc1Cl. The molecule has 1 N–H and O–H groups in total. The Morgan fingerprint density at radius 3 is 2.64 bits per heavy atom. The second kappa shape index (κ2) is 8.41. The van der Waals surface area contributed by atoms with Crippen LogP contribution in [0.5, 0.6) is 5.75 Å². The van der Waals surface area contributed by atoms with Crippen LogP contribution in [0.4, 0.5) is 0 Å². The summed E-state index contributed by atoms with van der Waals surface area (Å²) in [4.78, 5) is 12.1. The second-order valence-corrected chi connectivity index (χ2v) is 5.03. The Hall–Kier alpha value is -2.04. The van der Waals surface area contributed by atoms with Crippen molar-refractivity contribution in [2.24, 2.45) is 0 Å². The highest BCUT2D eigenvalue weighted by Crippen LogP contribution is 2.21. The predicted octanol–water partition coefficient (Wildman–Crippen LogP) is 3.30. The minimum absolute atomic E-state index is 0.188. The molecule has 5 heteroatoms. The minimum Gasteiger partial charge on any atom is -0.488 e. The van der Waals surface area contributed by atoms with Gasteiger partial charge in [0.1, 0.15) is 12.4 Å². The van der Waals surface area contributed by atoms with E-state index in [0.717, 1.165) is 5.56 Å². The zero-order valence-electron chi connectivity index (χ0n) is 12.3. The molecule has 22 heavy (non-hydrogen) atoms. The zero-order chi connectivity index (χ0) is 15.8. The number of methoxy groups -OCH3 is 1. The standard InChI is InChI=1S/C17H18ClNO3/c1-21-11-10-19-17(20)14-7-3-5-9-16(14)22-12-13-6-2-4-8-15(13)18/h2-9H,10-12H2,1H3,(H,19,20). The van der Waals surface area contributed by atoms with Crippen molar-refractivity contribution in [1.82, 2.24) is 5.32 Å². The van der Waals surface area contributed by atoms with Crippen molar-refractivity contribution < 1.29 is 14.3 Å². The summed E-state index contributed by atoms with van der Waals surface area (Å²) in [5.41, 5.74) is 1.37. The molecule has 0 fully saturated rings. The summed E-state index contributed by atoms with van der Waals surface area (Å²) in [6.45, 7) is 1.23. The number of benzene rings is 2. The van der Waals surface area contributed by atoms with Gasteiger partial charge in [0.05, 0.1) is 12.2 Å². The van der Waals surface area contributed by atoms with Crippen molar-refractivity contribution in [3.63, 3.8) is 0 Å². The minimum atomic E-state index is -0.188. The predicted molar refractivity (Wildman–Crippen MR) is 86.4 cm³/mol. The number of carbonyl (C=O) groups excluding carboxylic acids is 1. The lowest BCUT2D eigenvalue weighted by Crippen LogP contribution is -2.27. The van der Waals surface area contributed by atoms with Gasteiger partial charge in [-0.1, -0.05) is 41.9 Å². The summed E-state index contributed by atoms with van der Waals surface area (Å²) in [7, 11) is 1.59. The van der Waals surface area contributed by atoms with Gasteiger partial charge in [-0.15, -0.1) is 0 Å². The number of nitrogens with one attached hydrogen (secondary N) is 1. The first-order chi connectivity index (χ1) is 10.7. The van der Waals surface area contributed by atoms with Crippen LogP contribution in [0.15, 0.2) is 48.5 Å². The Morgan fingerprint density at radius 1 is 1.14 bits per heavy atom. The summed E-state index contributed by atoms with van der Waals surface area (Å²) in [6, 6.07) is 14.6. The first-order valence-electron chi connectivity index (χ1n) is 6.94. The van der Waals surface area contributed by atoms with Gasteiger partial charge in [0, 0.05) is 24.2 Å². The molecular weight excluding hydrogens is 302 g/mol. The number of amides is 1. The normalized spacial score (nSPS) is 10.3. The maximum absolute atomic E-state index is 12.1. The number of halogens is 1. The molecule has 0 heterocycles. The van der Waals surface area contributed by atoms with Crippen LogP contribution in [0, 0.1) is 0 Å². The lowest BCUT2D eigenvalue weighted by atomic mass is 10.2. The van der Waals surface area contributed by atoms with Crippen LogP contribution in [-0.4, -0.2) is 26.2 Å². The summed E-state index contributed by atoms with van der Waals surface area (Å²) in [6.07, 6.45) is 0. The van der Waals surface area contributed by atoms with Crippen molar-refractivity contribution in [3.05, 3.63) is 64.7 Å². The van der Waals surface area contributed by atoms with Crippen LogP contribution >= 0.6 is 11.6 Å². The van der Waals surface area contributed by atoms with Gasteiger partial charge in [0.2, 0.25) is 0 Å². The molecule has 0 saturated heterocycles. The number of para-hydroxylation sites is 1. The molecule has 116 valence electrons. The van der Waals surface area contributed by atoms with Crippen molar-refractivity contribution in [1.29, 1.82) is 0 Å². The monoisotopic (exact) mass is 319 g/mol. The van der Waals surface area contributed by atoms with Crippen LogP contribution in [-0.2, 0) is 11.3 Å². The highest BCUT2D eigenvalue weighted by Gasteiger charge is 2.12. The van der Waals surface area contributed by atoms with Crippen molar-refractivity contribution in [3.8, 4) is 5.75 Å². The third kappa shape index (κ3) is 4.48. The van der Waals surface area contributed by atoms with Gasteiger partial charge in [-0.05, 0) is 18.2 Å². The van der Waals surface area contributed by atoms with E-state index in [1.807, 2.05) is 30.3 Å². The van der Waals surface area contributed by atoms with Crippen molar-refractivity contribution >= 4 is 17.5 Å². The Bertz CT molecular complexity index is 631. The second-order valence-electron chi connectivity index (χ2n) is 4.62. The van der Waals surface area contributed by atoms with E-state index < -0.39 is 0 Å². The molecule has 0 aliphatic heterocycles. The topological polar surface area (TPSA) is 47.6 Å². The van der Waals surface area contributed by atoms with E-state index in [0.29, 0.717) is 36.1 Å². The molecule has 0 unspecified atom stereocenters. The molecule has 0 bridgehead atoms. The molecule has 2 rings (SSSR count). The largest absolute Gasteiger partial charge is 0.488 e. The molecule has 0 radical (unpaired) electrons. The Balaban J connectivity index is 2.05. The van der Waals surface area contributed by atoms with Gasteiger partial charge < -0.3 is 14.8 Å². The highest BCUT2D eigenvalue weighted by molar-refractivity contribution is 6.31. The third-order valence-electron chi connectivity index (χ3n) is 3.06. The summed E-state index contributed by atoms with van der Waals surface area (Å²) in [5.74, 6) is 0.337. The van der Waals surface area contributed by atoms with E-state index in [1.54, 1.807) is 25.3 Å². The van der Waals surface area contributed by atoms with E-state index >= 15 is 0 Å². The molecular formula is C17H18ClNO3. The Kier molecular flexibility index (Phi) is 6.25. The fourth-order valence-electron chi connectivity index (χ4n) is 1.91. The average Bonchev–Trinajstić information content (AvgIpc) is 2.54. The smallest absolute Gasteiger partial charge is 0.255 e. The molecule has 0 saturated carbocycles. The summed E-state index contributed by atoms with van der Waals surface area (Å²) >= 11 is 6.10. The van der Waals surface area contributed by atoms with E-state index in [4.69, 9.17) is 21.1 Å². The molecule has 2 aromatic rings. The molecule has 4 nitrogen and oxygen atoms in total. The van der Waals surface area contributed by atoms with Gasteiger partial charge in [0.15, 0.2) is 0 Å². The highest BCUT2D eigenvalue weighted by atomic mass is 35.5. The fourth-order valence-corrected chi connectivity index (χ4v) is 2.10. The lowest BCUT2D eigenvalue weighted by molar-refractivity contribution is 0.0932. The van der Waals surface area contributed by atoms with Crippen molar-refractivity contribution in [2.75, 3.05) is 20.3 Å². The third-order valence-corrected chi connectivity index (χ3v) is 3.43. The van der Waals surface area contributed by atoms with E-state index in [2.05, 4.69) is 5.32 Å². The Morgan fingerprint density at radius 2 is 1.86 bits per heavy atom. The summed E-state index contributed by atoms with van der Waals surface area (Å²) in [5, 5.41) is 3.42. The quantitative estimate of drug-likeness (QED) is 0.797. The first-order valence-corrected chi connectivity index (χ1v) is 7.32. The van der Waals surface area contributed by atoms with Gasteiger partial charge in [-0.25, -0.2) is 0 Å². The molecule has 0 atom stereocenters. The van der Waals surface area contributed by atoms with Gasteiger partial charge >= 0.3 is 0 Å². The average molecular weight is 320 g/mol. The van der Waals surface area contributed by atoms with Crippen LogP contribution in [0.2, 0.25) is 5.02 Å². The first kappa shape index (κ1) is 16.3. The number of rotatable bonds is 7. The number of carbonyl (C=O) groups is 1. The van der Waals surface area contributed by atoms with Crippen LogP contribution in [0.1, 0.15) is 15.9 Å². The summed E-state index contributed by atoms with van der Waals surface area (Å²) < 4.78 is 10.7. The zero-order valence-corrected chi connectivity index (χ0v) is 13.1. The molecule has 2 aromatic carbocycles. The maximum Gasteiger partial charge on any atom is 0.255 e. The van der Waals surface area contributed by atoms with Crippen LogP contribution < -0.4 is 10.1 Å². The number of hydrogen-bond donors (Lipinski definition) is 1. The Labute approximate surface area is 135 Å². The molecule has 0 aliphatic rings. The molecule has 1 amide bonds.